The van der Waals surface area contributed by atoms with Gasteiger partial charge in [-0.1, -0.05) is 6.92 Å². The van der Waals surface area contributed by atoms with E-state index in [9.17, 15) is 4.79 Å². The molecule has 0 amide bonds. The molecule has 120 valence electrons. The van der Waals surface area contributed by atoms with E-state index in [0.717, 1.165) is 56.8 Å². The molecule has 0 aliphatic carbocycles. The maximum atomic E-state index is 12.7. The van der Waals surface area contributed by atoms with Crippen molar-refractivity contribution in [3.63, 3.8) is 0 Å². The van der Waals surface area contributed by atoms with Gasteiger partial charge in [0.05, 0.1) is 18.2 Å². The van der Waals surface area contributed by atoms with E-state index in [-0.39, 0.29) is 17.5 Å². The van der Waals surface area contributed by atoms with Crippen LogP contribution in [0.15, 0.2) is 10.9 Å². The molecule has 1 saturated heterocycles. The molecule has 0 bridgehead atoms. The summed E-state index contributed by atoms with van der Waals surface area (Å²) in [5.41, 5.74) is 8.00. The maximum absolute atomic E-state index is 12.7. The fraction of sp³-hybridized carbons (Fsp3) is 0.625. The summed E-state index contributed by atoms with van der Waals surface area (Å²) in [5, 5.41) is 7.69. The number of pyridine rings is 1. The predicted octanol–water partition coefficient (Wildman–Crippen LogP) is 0.689. The summed E-state index contributed by atoms with van der Waals surface area (Å²) in [6.07, 6.45) is 3.02. The van der Waals surface area contributed by atoms with Crippen molar-refractivity contribution >= 4 is 5.84 Å². The fourth-order valence-corrected chi connectivity index (χ4v) is 3.42. The molecule has 1 unspecified atom stereocenters. The van der Waals surface area contributed by atoms with Gasteiger partial charge in [-0.05, 0) is 31.0 Å². The second-order valence-electron chi connectivity index (χ2n) is 6.11. The maximum Gasteiger partial charge on any atom is 0.261 e. The Balaban J connectivity index is 2.03. The minimum Gasteiger partial charge on any atom is -0.384 e. The van der Waals surface area contributed by atoms with Crippen LogP contribution in [0.5, 0.6) is 0 Å². The molecule has 0 spiro atoms. The minimum atomic E-state index is -0.150. The van der Waals surface area contributed by atoms with Crippen molar-refractivity contribution in [3.05, 3.63) is 33.2 Å². The summed E-state index contributed by atoms with van der Waals surface area (Å²) in [7, 11) is 0. The second-order valence-corrected chi connectivity index (χ2v) is 6.11. The molecule has 1 aromatic rings. The quantitative estimate of drug-likeness (QED) is 0.633. The van der Waals surface area contributed by atoms with Crippen LogP contribution in [0.1, 0.15) is 36.6 Å². The Labute approximate surface area is 130 Å². The van der Waals surface area contributed by atoms with Crippen molar-refractivity contribution in [1.29, 1.82) is 5.41 Å². The first-order valence-electron chi connectivity index (χ1n) is 8.04. The molecule has 1 atom stereocenters. The zero-order chi connectivity index (χ0) is 15.7. The van der Waals surface area contributed by atoms with Crippen LogP contribution >= 0.6 is 0 Å². The van der Waals surface area contributed by atoms with Crippen LogP contribution in [-0.4, -0.2) is 41.1 Å². The summed E-state index contributed by atoms with van der Waals surface area (Å²) in [6, 6.07) is 1.81. The van der Waals surface area contributed by atoms with E-state index >= 15 is 0 Å². The molecule has 1 aromatic heterocycles. The highest BCUT2D eigenvalue weighted by molar-refractivity contribution is 5.94. The van der Waals surface area contributed by atoms with E-state index in [1.54, 1.807) is 0 Å². The van der Waals surface area contributed by atoms with Crippen LogP contribution in [0.2, 0.25) is 0 Å². The molecule has 3 rings (SSSR count). The van der Waals surface area contributed by atoms with Gasteiger partial charge in [-0.15, -0.1) is 0 Å². The van der Waals surface area contributed by atoms with Gasteiger partial charge in [0.25, 0.3) is 5.56 Å². The Kier molecular flexibility index (Phi) is 4.31. The van der Waals surface area contributed by atoms with Crippen molar-refractivity contribution in [2.45, 2.75) is 45.4 Å². The molecular formula is C16H24N4O2. The molecule has 0 radical (unpaired) electrons. The molecule has 2 aliphatic heterocycles. The van der Waals surface area contributed by atoms with E-state index in [1.807, 2.05) is 10.6 Å². The van der Waals surface area contributed by atoms with Crippen LogP contribution in [-0.2, 0) is 24.2 Å². The van der Waals surface area contributed by atoms with Crippen molar-refractivity contribution in [3.8, 4) is 0 Å². The molecular weight excluding hydrogens is 280 g/mol. The number of nitrogens with one attached hydrogen (secondary N) is 1. The lowest BCUT2D eigenvalue weighted by Crippen LogP contribution is -2.40. The Morgan fingerprint density at radius 2 is 2.36 bits per heavy atom. The lowest BCUT2D eigenvalue weighted by molar-refractivity contribution is 0.0947. The standard InChI is InChI=1S/C16H24N4O2/c1-2-19-6-5-14-11(9-19)8-13(15(17)18)16(21)20(14)10-12-4-3-7-22-12/h8,12H,2-7,9-10H2,1H3,(H3,17,18). The fourth-order valence-electron chi connectivity index (χ4n) is 3.42. The third-order valence-corrected chi connectivity index (χ3v) is 4.70. The van der Waals surface area contributed by atoms with E-state index in [2.05, 4.69) is 11.8 Å². The summed E-state index contributed by atoms with van der Waals surface area (Å²) < 4.78 is 7.51. The smallest absolute Gasteiger partial charge is 0.261 e. The van der Waals surface area contributed by atoms with Gasteiger partial charge in [0.2, 0.25) is 0 Å². The number of fused-ring (bicyclic) bond motifs is 1. The number of likely N-dealkylation sites (N-methyl/N-ethyl adjacent to an activating group) is 1. The Morgan fingerprint density at radius 1 is 1.55 bits per heavy atom. The summed E-state index contributed by atoms with van der Waals surface area (Å²) in [4.78, 5) is 15.0. The lowest BCUT2D eigenvalue weighted by Gasteiger charge is -2.30. The van der Waals surface area contributed by atoms with E-state index < -0.39 is 0 Å². The van der Waals surface area contributed by atoms with Gasteiger partial charge >= 0.3 is 0 Å². The molecule has 22 heavy (non-hydrogen) atoms. The zero-order valence-corrected chi connectivity index (χ0v) is 13.1. The van der Waals surface area contributed by atoms with Gasteiger partial charge in [-0.3, -0.25) is 15.1 Å². The van der Waals surface area contributed by atoms with Gasteiger partial charge in [-0.25, -0.2) is 0 Å². The van der Waals surface area contributed by atoms with Gasteiger partial charge in [0.1, 0.15) is 5.84 Å². The first-order chi connectivity index (χ1) is 10.6. The summed E-state index contributed by atoms with van der Waals surface area (Å²) >= 11 is 0. The summed E-state index contributed by atoms with van der Waals surface area (Å²) in [5.74, 6) is -0.150. The number of hydrogen-bond donors (Lipinski definition) is 2. The van der Waals surface area contributed by atoms with E-state index in [1.165, 1.54) is 0 Å². The monoisotopic (exact) mass is 304 g/mol. The minimum absolute atomic E-state index is 0.105. The molecule has 1 fully saturated rings. The van der Waals surface area contributed by atoms with Gasteiger partial charge < -0.3 is 15.0 Å². The number of amidine groups is 1. The van der Waals surface area contributed by atoms with Gasteiger partial charge in [-0.2, -0.15) is 0 Å². The molecule has 2 aliphatic rings. The van der Waals surface area contributed by atoms with Crippen LogP contribution in [0.4, 0.5) is 0 Å². The number of aromatic nitrogens is 1. The predicted molar refractivity (Wildman–Crippen MR) is 85.3 cm³/mol. The first kappa shape index (κ1) is 15.2. The number of nitrogen functional groups attached to an aromatic ring is 1. The molecule has 3 N–H and O–H groups in total. The number of rotatable bonds is 4. The zero-order valence-electron chi connectivity index (χ0n) is 13.1. The van der Waals surface area contributed by atoms with Crippen LogP contribution in [0, 0.1) is 5.41 Å². The average Bonchev–Trinajstić information content (AvgIpc) is 3.02. The SMILES string of the molecule is CCN1CCc2c(cc(C(=N)N)c(=O)n2CC2CCCO2)C1. The first-order valence-corrected chi connectivity index (χ1v) is 8.04. The average molecular weight is 304 g/mol. The van der Waals surface area contributed by atoms with E-state index in [0.29, 0.717) is 12.1 Å². The molecule has 3 heterocycles. The second kappa shape index (κ2) is 6.22. The van der Waals surface area contributed by atoms with Crippen molar-refractivity contribution < 1.29 is 4.74 Å². The normalized spacial score (nSPS) is 21.8. The number of hydrogen-bond acceptors (Lipinski definition) is 4. The lowest BCUT2D eigenvalue weighted by atomic mass is 10.0. The number of nitrogens with two attached hydrogens (primary N) is 1. The van der Waals surface area contributed by atoms with Crippen molar-refractivity contribution in [2.75, 3.05) is 19.7 Å². The number of nitrogens with zero attached hydrogens (tertiary/aromatic N) is 2. The third kappa shape index (κ3) is 2.80. The van der Waals surface area contributed by atoms with Crippen LogP contribution in [0.25, 0.3) is 0 Å². The molecule has 0 saturated carbocycles. The van der Waals surface area contributed by atoms with Crippen LogP contribution < -0.4 is 11.3 Å². The van der Waals surface area contributed by atoms with Gasteiger partial charge in [0, 0.05) is 31.8 Å². The molecule has 6 heteroatoms. The molecule has 6 nitrogen and oxygen atoms in total. The van der Waals surface area contributed by atoms with Crippen molar-refractivity contribution in [2.24, 2.45) is 5.73 Å². The third-order valence-electron chi connectivity index (χ3n) is 4.70. The number of ether oxygens (including phenoxy) is 1. The van der Waals surface area contributed by atoms with Crippen molar-refractivity contribution in [1.82, 2.24) is 9.47 Å². The summed E-state index contributed by atoms with van der Waals surface area (Å²) in [6.45, 7) is 6.26. The van der Waals surface area contributed by atoms with Gasteiger partial charge in [0.15, 0.2) is 0 Å². The Bertz CT molecular complexity index is 632. The highest BCUT2D eigenvalue weighted by Gasteiger charge is 2.24. The highest BCUT2D eigenvalue weighted by Crippen LogP contribution is 2.21. The van der Waals surface area contributed by atoms with Crippen LogP contribution in [0.3, 0.4) is 0 Å². The largest absolute Gasteiger partial charge is 0.384 e. The topological polar surface area (TPSA) is 84.3 Å². The highest BCUT2D eigenvalue weighted by atomic mass is 16.5. The molecule has 0 aromatic carbocycles. The Morgan fingerprint density at radius 3 is 3.00 bits per heavy atom. The van der Waals surface area contributed by atoms with E-state index in [4.69, 9.17) is 15.9 Å². The Hall–Kier alpha value is -1.66.